The van der Waals surface area contributed by atoms with Crippen LogP contribution in [0.1, 0.15) is 33.4 Å². The minimum Gasteiger partial charge on any atom is -0.462 e. The molecule has 3 heterocycles. The lowest BCUT2D eigenvalue weighted by atomic mass is 9.99. The smallest absolute Gasteiger partial charge is 0.459 e. The molecule has 0 amide bonds. The van der Waals surface area contributed by atoms with Gasteiger partial charge in [-0.05, 0) is 44.5 Å². The van der Waals surface area contributed by atoms with Gasteiger partial charge in [0.1, 0.15) is 36.2 Å². The van der Waals surface area contributed by atoms with E-state index in [4.69, 9.17) is 42.3 Å². The molecule has 1 fully saturated rings. The lowest BCUT2D eigenvalue weighted by Crippen LogP contribution is -2.44. The van der Waals surface area contributed by atoms with E-state index in [0.29, 0.717) is 5.52 Å². The summed E-state index contributed by atoms with van der Waals surface area (Å²) < 4.78 is 37.9. The van der Waals surface area contributed by atoms with Crippen LogP contribution in [-0.2, 0) is 23.4 Å². The molecule has 39 heavy (non-hydrogen) atoms. The second-order valence-electron chi connectivity index (χ2n) is 9.07. The number of hydrogen-bond donors (Lipinski definition) is 3. The van der Waals surface area contributed by atoms with Crippen molar-refractivity contribution in [3.63, 3.8) is 0 Å². The largest absolute Gasteiger partial charge is 0.462 e. The highest BCUT2D eigenvalue weighted by Crippen LogP contribution is 2.48. The fourth-order valence-corrected chi connectivity index (χ4v) is 5.55. The number of hydrogen-bond acceptors (Lipinski definition) is 11. The minimum absolute atomic E-state index is 0.00887. The van der Waals surface area contributed by atoms with E-state index < -0.39 is 50.4 Å². The van der Waals surface area contributed by atoms with Crippen molar-refractivity contribution in [1.29, 1.82) is 0 Å². The monoisotopic (exact) mass is 578 g/mol. The number of ether oxygens (including phenoxy) is 2. The summed E-state index contributed by atoms with van der Waals surface area (Å²) in [5.41, 5.74) is 4.70. The fraction of sp³-hybridized carbons (Fsp3) is 0.417. The summed E-state index contributed by atoms with van der Waals surface area (Å²) in [5.74, 6) is 2.03. The Morgan fingerprint density at radius 1 is 1.38 bits per heavy atom. The Balaban J connectivity index is 1.57. The number of fused-ring (bicyclic) bond motifs is 1. The molecule has 0 saturated carbocycles. The van der Waals surface area contributed by atoms with E-state index in [1.165, 1.54) is 17.8 Å². The maximum Gasteiger partial charge on any atom is 0.459 e. The number of nitrogen functional groups attached to an aromatic ring is 1. The predicted molar refractivity (Wildman–Crippen MR) is 142 cm³/mol. The maximum atomic E-state index is 13.8. The van der Waals surface area contributed by atoms with Gasteiger partial charge in [0.25, 0.3) is 0 Å². The molecule has 1 aliphatic heterocycles. The van der Waals surface area contributed by atoms with Crippen LogP contribution < -0.4 is 15.3 Å². The van der Waals surface area contributed by atoms with Crippen LogP contribution >= 0.6 is 19.3 Å². The van der Waals surface area contributed by atoms with Gasteiger partial charge in [0, 0.05) is 6.42 Å². The summed E-state index contributed by atoms with van der Waals surface area (Å²) in [6, 6.07) is 7.14. The standard InChI is InChI=1S/C24H28ClN6O7P/c1-5-24(17(32)11-18(37-24)31-13-27-19-20(26)28-23(25)29-21(19)31)12-35-39(34,38-16-9-7-6-8-10-16)30-15(4)22(33)36-14(2)3/h1,6-10,13-15,17-18,32H,11-12H2,2-4H3,(H,30,34)(H2,26,28,29)/t15-,17+,18-,24-,39+/m1/s1. The number of benzene rings is 1. The average molecular weight is 579 g/mol. The van der Waals surface area contributed by atoms with Crippen LogP contribution in [0.2, 0.25) is 5.28 Å². The zero-order chi connectivity index (χ0) is 28.4. The number of carbonyl (C=O) groups excluding carboxylic acids is 1. The molecule has 4 N–H and O–H groups in total. The number of esters is 1. The molecule has 13 nitrogen and oxygen atoms in total. The molecule has 1 saturated heterocycles. The molecule has 5 atom stereocenters. The van der Waals surface area contributed by atoms with Crippen LogP contribution in [0, 0.1) is 12.3 Å². The number of aromatic nitrogens is 4. The Hall–Kier alpha value is -3.24. The third-order valence-electron chi connectivity index (χ3n) is 5.76. The molecular formula is C24H28ClN6O7P. The van der Waals surface area contributed by atoms with Crippen LogP contribution in [0.4, 0.5) is 5.82 Å². The van der Waals surface area contributed by atoms with Crippen molar-refractivity contribution < 1.29 is 33.0 Å². The first-order valence-electron chi connectivity index (χ1n) is 11.9. The quantitative estimate of drug-likeness (QED) is 0.139. The number of imidazole rings is 1. The van der Waals surface area contributed by atoms with E-state index >= 15 is 0 Å². The number of rotatable bonds is 10. The van der Waals surface area contributed by atoms with Gasteiger partial charge in [-0.25, -0.2) is 9.55 Å². The molecule has 208 valence electrons. The van der Waals surface area contributed by atoms with E-state index in [1.54, 1.807) is 44.2 Å². The van der Waals surface area contributed by atoms with Crippen molar-refractivity contribution in [2.24, 2.45) is 0 Å². The maximum absolute atomic E-state index is 13.8. The van der Waals surface area contributed by atoms with Crippen LogP contribution in [0.25, 0.3) is 11.2 Å². The van der Waals surface area contributed by atoms with Crippen molar-refractivity contribution in [3.05, 3.63) is 41.9 Å². The van der Waals surface area contributed by atoms with Crippen molar-refractivity contribution in [2.75, 3.05) is 12.3 Å². The SMILES string of the molecule is C#C[C@]1(CO[P@@](=O)(N[C@H](C)C(=O)OC(C)C)Oc2ccccc2)O[C@@H](n2cnc3c(N)nc(Cl)nc32)C[C@@H]1O. The Morgan fingerprint density at radius 3 is 2.77 bits per heavy atom. The second-order valence-corrected chi connectivity index (χ2v) is 11.1. The van der Waals surface area contributed by atoms with Gasteiger partial charge in [0.2, 0.25) is 5.28 Å². The Morgan fingerprint density at radius 2 is 2.10 bits per heavy atom. The van der Waals surface area contributed by atoms with Gasteiger partial charge in [-0.1, -0.05) is 24.1 Å². The van der Waals surface area contributed by atoms with E-state index in [2.05, 4.69) is 26.0 Å². The molecule has 1 aliphatic rings. The summed E-state index contributed by atoms with van der Waals surface area (Å²) in [6.45, 7) is 4.26. The topological polar surface area (TPSA) is 173 Å². The van der Waals surface area contributed by atoms with Gasteiger partial charge in [-0.15, -0.1) is 6.42 Å². The molecular weight excluding hydrogens is 551 g/mol. The Labute approximate surface area is 229 Å². The van der Waals surface area contributed by atoms with Crippen LogP contribution in [-0.4, -0.2) is 61.1 Å². The van der Waals surface area contributed by atoms with Crippen LogP contribution in [0.3, 0.4) is 0 Å². The lowest BCUT2D eigenvalue weighted by molar-refractivity contribution is -0.149. The molecule has 0 bridgehead atoms. The number of anilines is 1. The highest BCUT2D eigenvalue weighted by atomic mass is 35.5. The molecule has 4 rings (SSSR count). The molecule has 0 aliphatic carbocycles. The normalized spacial score (nSPS) is 23.3. The summed E-state index contributed by atoms with van der Waals surface area (Å²) >= 11 is 5.96. The second kappa shape index (κ2) is 11.5. The Bertz CT molecular complexity index is 1430. The number of halogens is 1. The van der Waals surface area contributed by atoms with Crippen LogP contribution in [0.5, 0.6) is 5.75 Å². The molecule has 15 heteroatoms. The van der Waals surface area contributed by atoms with Gasteiger partial charge >= 0.3 is 13.7 Å². The van der Waals surface area contributed by atoms with Crippen molar-refractivity contribution in [3.8, 4) is 18.1 Å². The number of para-hydroxylation sites is 1. The van der Waals surface area contributed by atoms with Gasteiger partial charge in [-0.2, -0.15) is 15.1 Å². The van der Waals surface area contributed by atoms with Gasteiger partial charge in [-0.3, -0.25) is 13.9 Å². The fourth-order valence-electron chi connectivity index (χ4n) is 3.86. The molecule has 2 aromatic heterocycles. The molecule has 3 aromatic rings. The van der Waals surface area contributed by atoms with Crippen molar-refractivity contribution in [2.45, 2.75) is 57.3 Å². The summed E-state index contributed by atoms with van der Waals surface area (Å²) in [5, 5.41) is 13.4. The average Bonchev–Trinajstić information content (AvgIpc) is 3.44. The first-order chi connectivity index (χ1) is 18.4. The number of nitrogens with one attached hydrogen (secondary N) is 1. The third-order valence-corrected chi connectivity index (χ3v) is 7.55. The predicted octanol–water partition coefficient (Wildman–Crippen LogP) is 2.85. The zero-order valence-corrected chi connectivity index (χ0v) is 23.0. The first kappa shape index (κ1) is 28.8. The minimum atomic E-state index is -4.27. The van der Waals surface area contributed by atoms with E-state index in [9.17, 15) is 14.5 Å². The number of aliphatic hydroxyl groups excluding tert-OH is 1. The van der Waals surface area contributed by atoms with E-state index in [0.717, 1.165) is 0 Å². The van der Waals surface area contributed by atoms with Gasteiger partial charge in [0.15, 0.2) is 17.1 Å². The van der Waals surface area contributed by atoms with E-state index in [1.807, 2.05) is 0 Å². The summed E-state index contributed by atoms with van der Waals surface area (Å²) in [6.07, 6.45) is 4.71. The molecule has 0 radical (unpaired) electrons. The Kier molecular flexibility index (Phi) is 8.46. The molecule has 1 aromatic carbocycles. The van der Waals surface area contributed by atoms with Gasteiger partial charge < -0.3 is 24.8 Å². The highest BCUT2D eigenvalue weighted by molar-refractivity contribution is 7.52. The van der Waals surface area contributed by atoms with Crippen molar-refractivity contribution >= 4 is 42.3 Å². The number of terminal acetylenes is 1. The summed E-state index contributed by atoms with van der Waals surface area (Å²) in [7, 11) is -4.27. The van der Waals surface area contributed by atoms with Crippen molar-refractivity contribution in [1.82, 2.24) is 24.6 Å². The first-order valence-corrected chi connectivity index (χ1v) is 13.8. The lowest BCUT2D eigenvalue weighted by Gasteiger charge is -2.29. The number of nitrogens with two attached hydrogens (primary N) is 1. The number of nitrogens with zero attached hydrogens (tertiary/aromatic N) is 4. The number of aliphatic hydroxyl groups is 1. The third kappa shape index (κ3) is 6.33. The van der Waals surface area contributed by atoms with Crippen LogP contribution in [0.15, 0.2) is 36.7 Å². The van der Waals surface area contributed by atoms with Gasteiger partial charge in [0.05, 0.1) is 12.4 Å². The zero-order valence-electron chi connectivity index (χ0n) is 21.4. The molecule has 0 spiro atoms. The number of carbonyl (C=O) groups is 1. The summed E-state index contributed by atoms with van der Waals surface area (Å²) in [4.78, 5) is 24.6. The van der Waals surface area contributed by atoms with E-state index in [-0.39, 0.29) is 28.9 Å². The molecule has 0 unspecified atom stereocenters. The highest BCUT2D eigenvalue weighted by Gasteiger charge is 2.50.